The molecule has 17 heavy (non-hydrogen) atoms. The van der Waals surface area contributed by atoms with Gasteiger partial charge in [-0.3, -0.25) is 0 Å². The zero-order valence-electron chi connectivity index (χ0n) is 10.7. The molecule has 0 aliphatic carbocycles. The van der Waals surface area contributed by atoms with E-state index < -0.39 is 6.10 Å². The molecular formula is C12H20N2O2S. The molecule has 0 aromatic carbocycles. The SMILES string of the molecule is CN(CC(O)c1cccs1)C(=O)NC(C)(C)C. The number of urea groups is 1. The minimum atomic E-state index is -0.620. The zero-order valence-corrected chi connectivity index (χ0v) is 11.5. The topological polar surface area (TPSA) is 52.6 Å². The van der Waals surface area contributed by atoms with Crippen LogP contribution in [-0.2, 0) is 0 Å². The van der Waals surface area contributed by atoms with Gasteiger partial charge in [0, 0.05) is 17.5 Å². The lowest BCUT2D eigenvalue weighted by Crippen LogP contribution is -2.48. The number of carbonyl (C=O) groups excluding carboxylic acids is 1. The highest BCUT2D eigenvalue weighted by molar-refractivity contribution is 7.10. The predicted octanol–water partition coefficient (Wildman–Crippen LogP) is 2.22. The van der Waals surface area contributed by atoms with Crippen molar-refractivity contribution in [1.29, 1.82) is 0 Å². The van der Waals surface area contributed by atoms with E-state index in [4.69, 9.17) is 0 Å². The fourth-order valence-electron chi connectivity index (χ4n) is 1.33. The molecule has 2 amide bonds. The fraction of sp³-hybridized carbons (Fsp3) is 0.583. The summed E-state index contributed by atoms with van der Waals surface area (Å²) in [5.74, 6) is 0. The number of nitrogens with one attached hydrogen (secondary N) is 1. The Morgan fingerprint density at radius 3 is 2.71 bits per heavy atom. The highest BCUT2D eigenvalue weighted by Crippen LogP contribution is 2.19. The lowest BCUT2D eigenvalue weighted by Gasteiger charge is -2.26. The summed E-state index contributed by atoms with van der Waals surface area (Å²) in [7, 11) is 1.68. The van der Waals surface area contributed by atoms with E-state index in [1.54, 1.807) is 7.05 Å². The van der Waals surface area contributed by atoms with E-state index >= 15 is 0 Å². The molecule has 0 fully saturated rings. The standard InChI is InChI=1S/C12H20N2O2S/c1-12(2,3)13-11(16)14(4)8-9(15)10-6-5-7-17-10/h5-7,9,15H,8H2,1-4H3,(H,13,16). The van der Waals surface area contributed by atoms with Crippen molar-refractivity contribution in [3.05, 3.63) is 22.4 Å². The van der Waals surface area contributed by atoms with E-state index in [2.05, 4.69) is 5.32 Å². The third-order valence-electron chi connectivity index (χ3n) is 2.15. The Morgan fingerprint density at radius 1 is 1.59 bits per heavy atom. The Bertz CT molecular complexity index is 357. The maximum Gasteiger partial charge on any atom is 0.317 e. The van der Waals surface area contributed by atoms with Crippen LogP contribution in [0.2, 0.25) is 0 Å². The van der Waals surface area contributed by atoms with Gasteiger partial charge in [-0.1, -0.05) is 6.07 Å². The van der Waals surface area contributed by atoms with Gasteiger partial charge in [0.25, 0.3) is 0 Å². The van der Waals surface area contributed by atoms with E-state index in [1.807, 2.05) is 38.3 Å². The monoisotopic (exact) mass is 256 g/mol. The summed E-state index contributed by atoms with van der Waals surface area (Å²) in [5.41, 5.74) is -0.265. The first kappa shape index (κ1) is 14.0. The van der Waals surface area contributed by atoms with Crippen molar-refractivity contribution in [3.63, 3.8) is 0 Å². The molecule has 0 aliphatic rings. The van der Waals surface area contributed by atoms with Crippen LogP contribution < -0.4 is 5.32 Å². The van der Waals surface area contributed by atoms with Gasteiger partial charge in [0.15, 0.2) is 0 Å². The molecule has 1 heterocycles. The van der Waals surface area contributed by atoms with Crippen molar-refractivity contribution in [3.8, 4) is 0 Å². The van der Waals surface area contributed by atoms with E-state index in [-0.39, 0.29) is 11.6 Å². The highest BCUT2D eigenvalue weighted by Gasteiger charge is 2.19. The van der Waals surface area contributed by atoms with Gasteiger partial charge in [-0.15, -0.1) is 11.3 Å². The number of hydrogen-bond acceptors (Lipinski definition) is 3. The van der Waals surface area contributed by atoms with E-state index in [1.165, 1.54) is 16.2 Å². The van der Waals surface area contributed by atoms with Crippen LogP contribution >= 0.6 is 11.3 Å². The largest absolute Gasteiger partial charge is 0.386 e. The van der Waals surface area contributed by atoms with Crippen LogP contribution in [-0.4, -0.2) is 35.2 Å². The molecule has 0 aliphatic heterocycles. The van der Waals surface area contributed by atoms with Gasteiger partial charge in [0.1, 0.15) is 6.10 Å². The molecule has 4 nitrogen and oxygen atoms in total. The van der Waals surface area contributed by atoms with Crippen molar-refractivity contribution in [2.24, 2.45) is 0 Å². The first-order chi connectivity index (χ1) is 7.79. The molecule has 1 aromatic heterocycles. The molecule has 0 radical (unpaired) electrons. The summed E-state index contributed by atoms with van der Waals surface area (Å²) >= 11 is 1.49. The summed E-state index contributed by atoms with van der Waals surface area (Å²) in [6.07, 6.45) is -0.620. The van der Waals surface area contributed by atoms with Crippen LogP contribution in [0.25, 0.3) is 0 Å². The predicted molar refractivity (Wildman–Crippen MR) is 70.2 cm³/mol. The second-order valence-electron chi connectivity index (χ2n) is 5.09. The molecule has 1 unspecified atom stereocenters. The Kier molecular flexibility index (Phi) is 4.54. The number of hydrogen-bond donors (Lipinski definition) is 2. The summed E-state index contributed by atoms with van der Waals surface area (Å²) < 4.78 is 0. The van der Waals surface area contributed by atoms with E-state index in [0.717, 1.165) is 4.88 Å². The maximum absolute atomic E-state index is 11.8. The first-order valence-corrected chi connectivity index (χ1v) is 6.42. The third-order valence-corrected chi connectivity index (χ3v) is 3.12. The molecule has 2 N–H and O–H groups in total. The van der Waals surface area contributed by atoms with Gasteiger partial charge >= 0.3 is 6.03 Å². The van der Waals surface area contributed by atoms with Crippen LogP contribution in [0.5, 0.6) is 0 Å². The summed E-state index contributed by atoms with van der Waals surface area (Å²) in [6.45, 7) is 6.07. The Morgan fingerprint density at radius 2 is 2.24 bits per heavy atom. The van der Waals surface area contributed by atoms with Crippen molar-refractivity contribution in [2.45, 2.75) is 32.4 Å². The van der Waals surface area contributed by atoms with Crippen LogP contribution in [0.1, 0.15) is 31.8 Å². The fourth-order valence-corrected chi connectivity index (χ4v) is 2.03. The van der Waals surface area contributed by atoms with Gasteiger partial charge in [-0.05, 0) is 32.2 Å². The quantitative estimate of drug-likeness (QED) is 0.871. The van der Waals surface area contributed by atoms with Crippen LogP contribution in [0.4, 0.5) is 4.79 Å². The number of likely N-dealkylation sites (N-methyl/N-ethyl adjacent to an activating group) is 1. The normalized spacial score (nSPS) is 13.2. The van der Waals surface area contributed by atoms with Gasteiger partial charge in [0.05, 0.1) is 6.54 Å². The maximum atomic E-state index is 11.8. The number of carbonyl (C=O) groups is 1. The molecule has 0 bridgehead atoms. The van der Waals surface area contributed by atoms with Crippen LogP contribution in [0, 0.1) is 0 Å². The molecule has 0 saturated carbocycles. The Balaban J connectivity index is 2.49. The first-order valence-electron chi connectivity index (χ1n) is 5.54. The minimum Gasteiger partial charge on any atom is -0.386 e. The van der Waals surface area contributed by atoms with Crippen molar-refractivity contribution < 1.29 is 9.90 Å². The number of aliphatic hydroxyl groups excluding tert-OH is 1. The van der Waals surface area contributed by atoms with E-state index in [9.17, 15) is 9.90 Å². The molecule has 0 spiro atoms. The lowest BCUT2D eigenvalue weighted by molar-refractivity contribution is 0.131. The minimum absolute atomic E-state index is 0.173. The average Bonchev–Trinajstić information content (AvgIpc) is 2.67. The van der Waals surface area contributed by atoms with Gasteiger partial charge in [0.2, 0.25) is 0 Å². The lowest BCUT2D eigenvalue weighted by atomic mass is 10.1. The highest BCUT2D eigenvalue weighted by atomic mass is 32.1. The molecule has 5 heteroatoms. The summed E-state index contributed by atoms with van der Waals surface area (Å²) in [5, 5.41) is 14.7. The Hall–Kier alpha value is -1.07. The number of aliphatic hydroxyl groups is 1. The van der Waals surface area contributed by atoms with Crippen LogP contribution in [0.15, 0.2) is 17.5 Å². The Labute approximate surface area is 106 Å². The second kappa shape index (κ2) is 5.51. The molecule has 1 atom stereocenters. The van der Waals surface area contributed by atoms with E-state index in [0.29, 0.717) is 6.54 Å². The molecule has 0 saturated heterocycles. The van der Waals surface area contributed by atoms with Crippen LogP contribution in [0.3, 0.4) is 0 Å². The number of thiophene rings is 1. The average molecular weight is 256 g/mol. The number of rotatable bonds is 3. The molecule has 1 rings (SSSR count). The number of amides is 2. The van der Waals surface area contributed by atoms with Gasteiger partial charge in [-0.25, -0.2) is 4.79 Å². The zero-order chi connectivity index (χ0) is 13.1. The third kappa shape index (κ3) is 4.75. The van der Waals surface area contributed by atoms with Crippen molar-refractivity contribution >= 4 is 17.4 Å². The van der Waals surface area contributed by atoms with Crippen molar-refractivity contribution in [2.75, 3.05) is 13.6 Å². The van der Waals surface area contributed by atoms with Crippen molar-refractivity contribution in [1.82, 2.24) is 10.2 Å². The second-order valence-corrected chi connectivity index (χ2v) is 6.07. The number of nitrogens with zero attached hydrogens (tertiary/aromatic N) is 1. The summed E-state index contributed by atoms with van der Waals surface area (Å²) in [4.78, 5) is 14.1. The van der Waals surface area contributed by atoms with Gasteiger partial charge < -0.3 is 15.3 Å². The summed E-state index contributed by atoms with van der Waals surface area (Å²) in [6, 6.07) is 3.58. The molecule has 1 aromatic rings. The molecular weight excluding hydrogens is 236 g/mol. The van der Waals surface area contributed by atoms with Gasteiger partial charge in [-0.2, -0.15) is 0 Å². The smallest absolute Gasteiger partial charge is 0.317 e. The molecule has 96 valence electrons.